The van der Waals surface area contributed by atoms with Gasteiger partial charge in [-0.15, -0.1) is 0 Å². The molecule has 2 bridgehead atoms. The first-order valence-corrected chi connectivity index (χ1v) is 8.94. The van der Waals surface area contributed by atoms with Crippen molar-refractivity contribution >= 4 is 21.6 Å². The summed E-state index contributed by atoms with van der Waals surface area (Å²) in [5.41, 5.74) is 2.71. The number of likely N-dealkylation sites (N-methyl/N-ethyl adjacent to an activating group) is 1. The van der Waals surface area contributed by atoms with Gasteiger partial charge in [-0.1, -0.05) is 13.0 Å². The van der Waals surface area contributed by atoms with Crippen LogP contribution in [0.15, 0.2) is 22.7 Å². The van der Waals surface area contributed by atoms with Crippen molar-refractivity contribution in [3.05, 3.63) is 28.2 Å². The van der Waals surface area contributed by atoms with E-state index in [1.165, 1.54) is 41.5 Å². The van der Waals surface area contributed by atoms with Crippen LogP contribution in [0, 0.1) is 0 Å². The van der Waals surface area contributed by atoms with Crippen molar-refractivity contribution in [3.8, 4) is 0 Å². The second-order valence-electron chi connectivity index (χ2n) is 6.35. The topological polar surface area (TPSA) is 18.5 Å². The largest absolute Gasteiger partial charge is 0.369 e. The number of hydrogen-bond donors (Lipinski definition) is 1. The maximum Gasteiger partial charge on any atom is 0.0511 e. The number of nitrogens with zero attached hydrogens (tertiary/aromatic N) is 2. The molecule has 3 rings (SSSR count). The molecule has 1 N–H and O–H groups in total. The van der Waals surface area contributed by atoms with Crippen molar-refractivity contribution in [2.24, 2.45) is 0 Å². The normalized spacial score (nSPS) is 26.1. The fraction of sp³-hybridized carbons (Fsp3) is 0.647. The fourth-order valence-electron chi connectivity index (χ4n) is 3.71. The molecule has 2 aliphatic heterocycles. The van der Waals surface area contributed by atoms with E-state index in [2.05, 4.69) is 63.2 Å². The van der Waals surface area contributed by atoms with Gasteiger partial charge in [-0.05, 0) is 66.5 Å². The van der Waals surface area contributed by atoms with Gasteiger partial charge in [0.1, 0.15) is 0 Å². The third kappa shape index (κ3) is 3.27. The summed E-state index contributed by atoms with van der Waals surface area (Å²) in [6.07, 6.45) is 4.03. The third-order valence-electron chi connectivity index (χ3n) is 5.08. The van der Waals surface area contributed by atoms with Crippen LogP contribution < -0.4 is 10.2 Å². The third-order valence-corrected chi connectivity index (χ3v) is 5.72. The summed E-state index contributed by atoms with van der Waals surface area (Å²) in [7, 11) is 2.31. The Labute approximate surface area is 136 Å². The Morgan fingerprint density at radius 3 is 2.81 bits per heavy atom. The van der Waals surface area contributed by atoms with Crippen LogP contribution in [-0.4, -0.2) is 43.7 Å². The van der Waals surface area contributed by atoms with Crippen molar-refractivity contribution in [2.45, 2.75) is 44.8 Å². The van der Waals surface area contributed by atoms with Gasteiger partial charge in [0.15, 0.2) is 0 Å². The lowest BCUT2D eigenvalue weighted by Gasteiger charge is -2.28. The smallest absolute Gasteiger partial charge is 0.0511 e. The van der Waals surface area contributed by atoms with E-state index in [9.17, 15) is 0 Å². The molecule has 21 heavy (non-hydrogen) atoms. The monoisotopic (exact) mass is 351 g/mol. The van der Waals surface area contributed by atoms with Gasteiger partial charge >= 0.3 is 0 Å². The van der Waals surface area contributed by atoms with Crippen LogP contribution in [0.2, 0.25) is 0 Å². The zero-order valence-corrected chi connectivity index (χ0v) is 14.7. The zero-order chi connectivity index (χ0) is 14.8. The average molecular weight is 352 g/mol. The molecule has 116 valence electrons. The molecular formula is C17H26BrN3. The molecule has 0 aliphatic carbocycles. The van der Waals surface area contributed by atoms with E-state index in [0.717, 1.165) is 31.7 Å². The second-order valence-corrected chi connectivity index (χ2v) is 7.21. The van der Waals surface area contributed by atoms with Crippen LogP contribution in [-0.2, 0) is 6.54 Å². The highest BCUT2D eigenvalue weighted by Crippen LogP contribution is 2.34. The highest BCUT2D eigenvalue weighted by molar-refractivity contribution is 9.10. The number of fused-ring (bicyclic) bond motifs is 2. The summed E-state index contributed by atoms with van der Waals surface area (Å²) in [5.74, 6) is 0. The SMILES string of the molecule is CCNCc1ccc(N2CCC3CCC(C2)N3C)c(Br)c1. The molecule has 2 unspecified atom stereocenters. The lowest BCUT2D eigenvalue weighted by atomic mass is 10.1. The van der Waals surface area contributed by atoms with Gasteiger partial charge in [0.25, 0.3) is 0 Å². The highest BCUT2D eigenvalue weighted by Gasteiger charge is 2.34. The maximum absolute atomic E-state index is 3.79. The molecule has 0 saturated carbocycles. The predicted molar refractivity (Wildman–Crippen MR) is 92.9 cm³/mol. The molecule has 4 heteroatoms. The van der Waals surface area contributed by atoms with Crippen molar-refractivity contribution < 1.29 is 0 Å². The van der Waals surface area contributed by atoms with Crippen LogP contribution in [0.25, 0.3) is 0 Å². The second kappa shape index (κ2) is 6.67. The number of halogens is 1. The standard InChI is InChI=1S/C17H26BrN3/c1-3-19-11-13-4-7-17(16(18)10-13)21-9-8-14-5-6-15(12-21)20(14)2/h4,7,10,14-15,19H,3,5-6,8-9,11-12H2,1-2H3. The molecule has 2 aliphatic rings. The number of nitrogens with one attached hydrogen (secondary N) is 1. The van der Waals surface area contributed by atoms with E-state index in [0.29, 0.717) is 0 Å². The average Bonchev–Trinajstić information content (AvgIpc) is 2.71. The number of benzene rings is 1. The molecule has 1 aromatic carbocycles. The fourth-order valence-corrected chi connectivity index (χ4v) is 4.39. The molecule has 2 atom stereocenters. The molecule has 1 aromatic rings. The van der Waals surface area contributed by atoms with Crippen LogP contribution in [0.3, 0.4) is 0 Å². The molecular weight excluding hydrogens is 326 g/mol. The first-order chi connectivity index (χ1) is 10.2. The van der Waals surface area contributed by atoms with Gasteiger partial charge < -0.3 is 10.2 Å². The van der Waals surface area contributed by atoms with E-state index in [1.54, 1.807) is 0 Å². The lowest BCUT2D eigenvalue weighted by Crippen LogP contribution is -2.36. The lowest BCUT2D eigenvalue weighted by molar-refractivity contribution is 0.254. The van der Waals surface area contributed by atoms with E-state index in [4.69, 9.17) is 0 Å². The predicted octanol–water partition coefficient (Wildman–Crippen LogP) is 3.23. The summed E-state index contributed by atoms with van der Waals surface area (Å²) in [5, 5.41) is 3.39. The van der Waals surface area contributed by atoms with E-state index in [1.807, 2.05) is 0 Å². The number of anilines is 1. The van der Waals surface area contributed by atoms with Gasteiger partial charge in [0, 0.05) is 36.2 Å². The minimum atomic E-state index is 0.728. The Kier molecular flexibility index (Phi) is 4.87. The molecule has 0 amide bonds. The molecule has 2 saturated heterocycles. The van der Waals surface area contributed by atoms with Crippen molar-refractivity contribution in [1.82, 2.24) is 10.2 Å². The van der Waals surface area contributed by atoms with Crippen molar-refractivity contribution in [3.63, 3.8) is 0 Å². The van der Waals surface area contributed by atoms with Gasteiger partial charge in [0.05, 0.1) is 5.69 Å². The van der Waals surface area contributed by atoms with E-state index in [-0.39, 0.29) is 0 Å². The highest BCUT2D eigenvalue weighted by atomic mass is 79.9. The minimum absolute atomic E-state index is 0.728. The first-order valence-electron chi connectivity index (χ1n) is 8.15. The Morgan fingerprint density at radius 1 is 1.24 bits per heavy atom. The quantitative estimate of drug-likeness (QED) is 0.898. The Bertz CT molecular complexity index is 491. The Hall–Kier alpha value is -0.580. The molecule has 2 fully saturated rings. The van der Waals surface area contributed by atoms with Crippen LogP contribution >= 0.6 is 15.9 Å². The maximum atomic E-state index is 3.79. The Morgan fingerprint density at radius 2 is 2.05 bits per heavy atom. The number of rotatable bonds is 4. The van der Waals surface area contributed by atoms with Crippen LogP contribution in [0.5, 0.6) is 0 Å². The van der Waals surface area contributed by atoms with Gasteiger partial charge in [-0.25, -0.2) is 0 Å². The molecule has 3 nitrogen and oxygen atoms in total. The molecule has 0 aromatic heterocycles. The summed E-state index contributed by atoms with van der Waals surface area (Å²) in [6.45, 7) is 6.45. The summed E-state index contributed by atoms with van der Waals surface area (Å²) >= 11 is 3.79. The summed E-state index contributed by atoms with van der Waals surface area (Å²) in [4.78, 5) is 5.18. The van der Waals surface area contributed by atoms with Gasteiger partial charge in [-0.2, -0.15) is 0 Å². The van der Waals surface area contributed by atoms with Crippen LogP contribution in [0.1, 0.15) is 31.7 Å². The first kappa shape index (κ1) is 15.3. The molecule has 0 spiro atoms. The summed E-state index contributed by atoms with van der Waals surface area (Å²) in [6, 6.07) is 8.34. The van der Waals surface area contributed by atoms with Crippen molar-refractivity contribution in [2.75, 3.05) is 31.6 Å². The van der Waals surface area contributed by atoms with Crippen LogP contribution in [0.4, 0.5) is 5.69 Å². The Balaban J connectivity index is 1.74. The number of hydrogen-bond acceptors (Lipinski definition) is 3. The van der Waals surface area contributed by atoms with Gasteiger partial charge in [-0.3, -0.25) is 4.90 Å². The minimum Gasteiger partial charge on any atom is -0.369 e. The van der Waals surface area contributed by atoms with E-state index >= 15 is 0 Å². The van der Waals surface area contributed by atoms with Gasteiger partial charge in [0.2, 0.25) is 0 Å². The zero-order valence-electron chi connectivity index (χ0n) is 13.1. The molecule has 2 heterocycles. The molecule has 0 radical (unpaired) electrons. The van der Waals surface area contributed by atoms with Crippen molar-refractivity contribution in [1.29, 1.82) is 0 Å². The van der Waals surface area contributed by atoms with E-state index < -0.39 is 0 Å². The summed E-state index contributed by atoms with van der Waals surface area (Å²) < 4.78 is 1.23.